The Balaban J connectivity index is 1.69. The van der Waals surface area contributed by atoms with Crippen molar-refractivity contribution in [2.24, 2.45) is 0 Å². The van der Waals surface area contributed by atoms with Crippen molar-refractivity contribution in [3.8, 4) is 0 Å². The number of anilines is 1. The Bertz CT molecular complexity index is 706. The zero-order valence-corrected chi connectivity index (χ0v) is 13.3. The van der Waals surface area contributed by atoms with Crippen molar-refractivity contribution < 1.29 is 9.18 Å². The molecule has 0 saturated carbocycles. The van der Waals surface area contributed by atoms with Crippen molar-refractivity contribution in [2.75, 3.05) is 31.1 Å². The number of para-hydroxylation sites is 1. The van der Waals surface area contributed by atoms with E-state index in [2.05, 4.69) is 9.97 Å². The number of carbonyl (C=O) groups excluding carboxylic acids is 1. The molecule has 5 nitrogen and oxygen atoms in total. The van der Waals surface area contributed by atoms with E-state index in [-0.39, 0.29) is 11.7 Å². The van der Waals surface area contributed by atoms with Gasteiger partial charge in [-0.25, -0.2) is 14.4 Å². The van der Waals surface area contributed by atoms with E-state index in [9.17, 15) is 9.18 Å². The Morgan fingerprint density at radius 2 is 1.78 bits per heavy atom. The molecule has 1 saturated heterocycles. The third-order valence-electron chi connectivity index (χ3n) is 3.95. The summed E-state index contributed by atoms with van der Waals surface area (Å²) in [4.78, 5) is 24.7. The van der Waals surface area contributed by atoms with Gasteiger partial charge >= 0.3 is 0 Å². The van der Waals surface area contributed by atoms with Gasteiger partial charge in [0.15, 0.2) is 0 Å². The first-order chi connectivity index (χ1) is 11.0. The van der Waals surface area contributed by atoms with Gasteiger partial charge in [-0.15, -0.1) is 0 Å². The van der Waals surface area contributed by atoms with Gasteiger partial charge in [0.2, 0.25) is 0 Å². The highest BCUT2D eigenvalue weighted by Gasteiger charge is 2.24. The van der Waals surface area contributed by atoms with Gasteiger partial charge in [0.1, 0.15) is 17.3 Å². The molecule has 2 aromatic rings. The molecule has 0 N–H and O–H groups in total. The molecule has 1 amide bonds. The molecule has 0 radical (unpaired) electrons. The van der Waals surface area contributed by atoms with E-state index in [1.54, 1.807) is 30.0 Å². The second kappa shape index (κ2) is 6.32. The normalized spacial score (nSPS) is 14.9. The summed E-state index contributed by atoms with van der Waals surface area (Å²) in [6.07, 6.45) is 0. The van der Waals surface area contributed by atoms with E-state index < -0.39 is 0 Å². The lowest BCUT2D eigenvalue weighted by molar-refractivity contribution is 0.0740. The Morgan fingerprint density at radius 3 is 2.43 bits per heavy atom. The lowest BCUT2D eigenvalue weighted by Crippen LogP contribution is -2.49. The molecular formula is C17H19FN4O. The third kappa shape index (κ3) is 3.31. The fourth-order valence-electron chi connectivity index (χ4n) is 2.85. The van der Waals surface area contributed by atoms with Crippen LogP contribution in [0.15, 0.2) is 30.3 Å². The van der Waals surface area contributed by atoms with Gasteiger partial charge in [-0.3, -0.25) is 4.79 Å². The van der Waals surface area contributed by atoms with Gasteiger partial charge < -0.3 is 9.80 Å². The van der Waals surface area contributed by atoms with Crippen LogP contribution >= 0.6 is 0 Å². The lowest BCUT2D eigenvalue weighted by Gasteiger charge is -2.36. The van der Waals surface area contributed by atoms with Crippen molar-refractivity contribution in [3.05, 3.63) is 53.4 Å². The van der Waals surface area contributed by atoms with Gasteiger partial charge in [0, 0.05) is 31.9 Å². The maximum Gasteiger partial charge on any atom is 0.272 e. The molecular weight excluding hydrogens is 295 g/mol. The number of hydrogen-bond donors (Lipinski definition) is 0. The van der Waals surface area contributed by atoms with Crippen LogP contribution in [0, 0.1) is 19.7 Å². The first-order valence-electron chi connectivity index (χ1n) is 7.65. The molecule has 0 unspecified atom stereocenters. The van der Waals surface area contributed by atoms with Crippen molar-refractivity contribution in [1.82, 2.24) is 14.9 Å². The summed E-state index contributed by atoms with van der Waals surface area (Å²) in [7, 11) is 0. The van der Waals surface area contributed by atoms with Gasteiger partial charge in [-0.05, 0) is 32.0 Å². The minimum absolute atomic E-state index is 0.0909. The molecule has 120 valence electrons. The minimum atomic E-state index is -0.227. The second-order valence-electron chi connectivity index (χ2n) is 5.67. The summed E-state index contributed by atoms with van der Waals surface area (Å²) in [6.45, 7) is 5.94. The number of nitrogens with zero attached hydrogens (tertiary/aromatic N) is 4. The second-order valence-corrected chi connectivity index (χ2v) is 5.67. The largest absolute Gasteiger partial charge is 0.366 e. The molecule has 0 spiro atoms. The lowest BCUT2D eigenvalue weighted by atomic mass is 10.2. The van der Waals surface area contributed by atoms with E-state index in [4.69, 9.17) is 0 Å². The number of halogens is 1. The van der Waals surface area contributed by atoms with Gasteiger partial charge in [-0.2, -0.15) is 0 Å². The fourth-order valence-corrected chi connectivity index (χ4v) is 2.85. The molecule has 1 aromatic heterocycles. The smallest absolute Gasteiger partial charge is 0.272 e. The molecule has 1 aromatic carbocycles. The summed E-state index contributed by atoms with van der Waals surface area (Å²) in [5.41, 5.74) is 1.80. The van der Waals surface area contributed by atoms with E-state index >= 15 is 0 Å². The Kier molecular flexibility index (Phi) is 4.23. The highest BCUT2D eigenvalue weighted by Crippen LogP contribution is 2.20. The SMILES string of the molecule is Cc1cc(C(=O)N2CCN(c3ccccc3F)CC2)nc(C)n1. The van der Waals surface area contributed by atoms with E-state index in [0.717, 1.165) is 5.69 Å². The number of benzene rings is 1. The van der Waals surface area contributed by atoms with Gasteiger partial charge in [0.25, 0.3) is 5.91 Å². The van der Waals surface area contributed by atoms with Crippen LogP contribution in [-0.4, -0.2) is 47.0 Å². The summed E-state index contributed by atoms with van der Waals surface area (Å²) in [5.74, 6) is 0.277. The number of aryl methyl sites for hydroxylation is 2. The van der Waals surface area contributed by atoms with Crippen LogP contribution in [0.3, 0.4) is 0 Å². The minimum Gasteiger partial charge on any atom is -0.366 e. The third-order valence-corrected chi connectivity index (χ3v) is 3.95. The molecule has 0 aliphatic carbocycles. The number of carbonyl (C=O) groups is 1. The summed E-state index contributed by atoms with van der Waals surface area (Å²) >= 11 is 0. The highest BCUT2D eigenvalue weighted by atomic mass is 19.1. The number of rotatable bonds is 2. The van der Waals surface area contributed by atoms with Crippen molar-refractivity contribution >= 4 is 11.6 Å². The summed E-state index contributed by atoms with van der Waals surface area (Å²) < 4.78 is 13.8. The average molecular weight is 314 g/mol. The van der Waals surface area contributed by atoms with E-state index in [1.807, 2.05) is 17.9 Å². The summed E-state index contributed by atoms with van der Waals surface area (Å²) in [6, 6.07) is 8.43. The van der Waals surface area contributed by atoms with Gasteiger partial charge in [0.05, 0.1) is 5.69 Å². The molecule has 2 heterocycles. The quantitative estimate of drug-likeness (QED) is 0.852. The molecule has 0 atom stereocenters. The topological polar surface area (TPSA) is 49.3 Å². The molecule has 0 bridgehead atoms. The van der Waals surface area contributed by atoms with Crippen LogP contribution in [0.4, 0.5) is 10.1 Å². The number of hydrogen-bond acceptors (Lipinski definition) is 4. The molecule has 1 aliphatic heterocycles. The van der Waals surface area contributed by atoms with Gasteiger partial charge in [-0.1, -0.05) is 12.1 Å². The summed E-state index contributed by atoms with van der Waals surface area (Å²) in [5, 5.41) is 0. The number of amides is 1. The first kappa shape index (κ1) is 15.4. The average Bonchev–Trinajstić information content (AvgIpc) is 2.54. The number of piperazine rings is 1. The molecule has 23 heavy (non-hydrogen) atoms. The Labute approximate surface area is 134 Å². The molecule has 3 rings (SSSR count). The fraction of sp³-hybridized carbons (Fsp3) is 0.353. The predicted molar refractivity (Wildman–Crippen MR) is 86.0 cm³/mol. The van der Waals surface area contributed by atoms with Crippen LogP contribution < -0.4 is 4.90 Å². The highest BCUT2D eigenvalue weighted by molar-refractivity contribution is 5.92. The molecule has 6 heteroatoms. The Hall–Kier alpha value is -2.50. The number of aromatic nitrogens is 2. The van der Waals surface area contributed by atoms with Crippen LogP contribution in [-0.2, 0) is 0 Å². The van der Waals surface area contributed by atoms with Crippen molar-refractivity contribution in [2.45, 2.75) is 13.8 Å². The molecule has 1 aliphatic rings. The maximum absolute atomic E-state index is 13.8. The maximum atomic E-state index is 13.8. The standard InChI is InChI=1S/C17H19FN4O/c1-12-11-15(20-13(2)19-12)17(23)22-9-7-21(8-10-22)16-6-4-3-5-14(16)18/h3-6,11H,7-10H2,1-2H3. The zero-order chi connectivity index (χ0) is 16.4. The van der Waals surface area contributed by atoms with Crippen LogP contribution in [0.25, 0.3) is 0 Å². The van der Waals surface area contributed by atoms with E-state index in [1.165, 1.54) is 6.07 Å². The molecule has 1 fully saturated rings. The van der Waals surface area contributed by atoms with Crippen molar-refractivity contribution in [1.29, 1.82) is 0 Å². The van der Waals surface area contributed by atoms with Crippen LogP contribution in [0.5, 0.6) is 0 Å². The van der Waals surface area contributed by atoms with Crippen LogP contribution in [0.2, 0.25) is 0 Å². The monoisotopic (exact) mass is 314 g/mol. The van der Waals surface area contributed by atoms with Crippen molar-refractivity contribution in [3.63, 3.8) is 0 Å². The van der Waals surface area contributed by atoms with Crippen LogP contribution in [0.1, 0.15) is 22.0 Å². The zero-order valence-electron chi connectivity index (χ0n) is 13.3. The predicted octanol–water partition coefficient (Wildman–Crippen LogP) is 2.19. The van der Waals surface area contributed by atoms with E-state index in [0.29, 0.717) is 43.4 Å². The first-order valence-corrected chi connectivity index (χ1v) is 7.65. The Morgan fingerprint density at radius 1 is 1.09 bits per heavy atom.